The summed E-state index contributed by atoms with van der Waals surface area (Å²) in [6.45, 7) is 13.7. The molecule has 1 heterocycles. The molecule has 1 fully saturated rings. The van der Waals surface area contributed by atoms with Crippen molar-refractivity contribution in [3.63, 3.8) is 0 Å². The quantitative estimate of drug-likeness (QED) is 0.264. The summed E-state index contributed by atoms with van der Waals surface area (Å²) in [7, 11) is 0. The Balaban J connectivity index is 1.40. The molecule has 0 bridgehead atoms. The summed E-state index contributed by atoms with van der Waals surface area (Å²) in [4.78, 5) is 19.6. The van der Waals surface area contributed by atoms with Gasteiger partial charge in [-0.3, -0.25) is 9.69 Å². The lowest BCUT2D eigenvalue weighted by atomic mass is 9.79. The van der Waals surface area contributed by atoms with Crippen molar-refractivity contribution in [2.75, 3.05) is 19.6 Å². The molecule has 1 aliphatic rings. The molecule has 204 valence electrons. The van der Waals surface area contributed by atoms with Crippen LogP contribution in [0.25, 0.3) is 4.85 Å². The van der Waals surface area contributed by atoms with Gasteiger partial charge in [-0.15, -0.1) is 0 Å². The van der Waals surface area contributed by atoms with Crippen LogP contribution in [0.5, 0.6) is 0 Å². The van der Waals surface area contributed by atoms with Crippen molar-refractivity contribution in [1.82, 2.24) is 10.2 Å². The largest absolute Gasteiger partial charge is 0.355 e. The van der Waals surface area contributed by atoms with Crippen molar-refractivity contribution < 1.29 is 22.4 Å². The van der Waals surface area contributed by atoms with Crippen LogP contribution in [0.1, 0.15) is 54.4 Å². The number of hydrogen-bond donors (Lipinski definition) is 1. The van der Waals surface area contributed by atoms with Crippen LogP contribution >= 0.6 is 0 Å². The number of likely N-dealkylation sites (tertiary alicyclic amines) is 1. The lowest BCUT2D eigenvalue weighted by molar-refractivity contribution is -0.121. The topological polar surface area (TPSA) is 36.7 Å². The predicted octanol–water partition coefficient (Wildman–Crippen LogP) is 6.49. The molecule has 8 heteroatoms. The van der Waals surface area contributed by atoms with Gasteiger partial charge in [0.1, 0.15) is 11.6 Å². The molecule has 0 spiro atoms. The van der Waals surface area contributed by atoms with E-state index in [9.17, 15) is 22.4 Å². The molecule has 1 saturated heterocycles. The third kappa shape index (κ3) is 6.15. The Labute approximate surface area is 226 Å². The average Bonchev–Trinajstić information content (AvgIpc) is 2.92. The fourth-order valence-corrected chi connectivity index (χ4v) is 5.46. The molecule has 0 aliphatic carbocycles. The van der Waals surface area contributed by atoms with Gasteiger partial charge in [-0.05, 0) is 49.6 Å². The van der Waals surface area contributed by atoms with Crippen LogP contribution in [0, 0.1) is 36.8 Å². The van der Waals surface area contributed by atoms with Crippen LogP contribution in [-0.2, 0) is 10.3 Å². The van der Waals surface area contributed by atoms with Gasteiger partial charge in [0, 0.05) is 55.7 Å². The predicted molar refractivity (Wildman–Crippen MR) is 142 cm³/mol. The Bertz CT molecular complexity index is 1380. The highest BCUT2D eigenvalue weighted by Crippen LogP contribution is 2.39. The van der Waals surface area contributed by atoms with E-state index in [0.717, 1.165) is 48.5 Å². The van der Waals surface area contributed by atoms with Gasteiger partial charge in [0.05, 0.1) is 5.92 Å². The van der Waals surface area contributed by atoms with E-state index in [0.29, 0.717) is 25.3 Å². The number of benzene rings is 3. The van der Waals surface area contributed by atoms with E-state index in [2.05, 4.69) is 22.0 Å². The van der Waals surface area contributed by atoms with E-state index in [4.69, 9.17) is 6.57 Å². The molecule has 1 aliphatic heterocycles. The molecule has 0 aromatic heterocycles. The Hall–Kier alpha value is -3.70. The molecule has 0 radical (unpaired) electrons. The first kappa shape index (κ1) is 28.3. The third-order valence-electron chi connectivity index (χ3n) is 7.78. The molecule has 3 aromatic rings. The molecular formula is C31H31F4N3O. The van der Waals surface area contributed by atoms with Crippen molar-refractivity contribution in [3.05, 3.63) is 118 Å². The average molecular weight is 538 g/mol. The third-order valence-corrected chi connectivity index (χ3v) is 7.78. The van der Waals surface area contributed by atoms with Crippen molar-refractivity contribution in [1.29, 1.82) is 0 Å². The summed E-state index contributed by atoms with van der Waals surface area (Å²) in [6.07, 6.45) is 2.01. The molecule has 2 atom stereocenters. The second-order valence-corrected chi connectivity index (χ2v) is 10.2. The number of nitrogens with one attached hydrogen (secondary N) is 1. The lowest BCUT2D eigenvalue weighted by Gasteiger charge is -2.38. The van der Waals surface area contributed by atoms with Crippen molar-refractivity contribution in [2.24, 2.45) is 0 Å². The van der Waals surface area contributed by atoms with Crippen LogP contribution in [0.15, 0.2) is 60.7 Å². The van der Waals surface area contributed by atoms with Crippen molar-refractivity contribution in [3.8, 4) is 0 Å². The van der Waals surface area contributed by atoms with Crippen LogP contribution < -0.4 is 5.32 Å². The molecule has 4 nitrogen and oxygen atoms in total. The van der Waals surface area contributed by atoms with Crippen LogP contribution in [0.3, 0.4) is 0 Å². The van der Waals surface area contributed by atoms with Gasteiger partial charge in [0.2, 0.25) is 5.91 Å². The van der Waals surface area contributed by atoms with Gasteiger partial charge in [0.15, 0.2) is 11.6 Å². The highest BCUT2D eigenvalue weighted by atomic mass is 19.2. The SMILES string of the molecule is [C-]#[N+]C1(c2ccccc2C)CCN(C(C)CCNC(=O)C(c2ccc(F)c(F)c2)c2ccc(F)cc2F)CC1. The second kappa shape index (κ2) is 12.0. The number of carbonyl (C=O) groups is 1. The first-order valence-electron chi connectivity index (χ1n) is 13.0. The minimum Gasteiger partial charge on any atom is -0.355 e. The number of amides is 1. The zero-order chi connectivity index (χ0) is 28.2. The first-order chi connectivity index (χ1) is 18.6. The van der Waals surface area contributed by atoms with Gasteiger partial charge in [-0.1, -0.05) is 36.4 Å². The number of rotatable bonds is 8. The van der Waals surface area contributed by atoms with E-state index < -0.39 is 40.6 Å². The number of piperidine rings is 1. The van der Waals surface area contributed by atoms with Crippen LogP contribution in [0.2, 0.25) is 0 Å². The molecule has 3 aromatic carbocycles. The normalized spacial score (nSPS) is 16.7. The fraction of sp³-hybridized carbons (Fsp3) is 0.355. The maximum atomic E-state index is 14.6. The first-order valence-corrected chi connectivity index (χ1v) is 13.0. The number of halogens is 4. The molecular weight excluding hydrogens is 506 g/mol. The Kier molecular flexibility index (Phi) is 8.71. The number of aryl methyl sites for hydroxylation is 1. The molecule has 1 amide bonds. The zero-order valence-electron chi connectivity index (χ0n) is 22.0. The highest BCUT2D eigenvalue weighted by Gasteiger charge is 2.43. The smallest absolute Gasteiger partial charge is 0.260 e. The lowest BCUT2D eigenvalue weighted by Crippen LogP contribution is -2.46. The Morgan fingerprint density at radius 1 is 1.00 bits per heavy atom. The van der Waals surface area contributed by atoms with Gasteiger partial charge in [-0.25, -0.2) is 24.1 Å². The summed E-state index contributed by atoms with van der Waals surface area (Å²) >= 11 is 0. The van der Waals surface area contributed by atoms with Gasteiger partial charge in [-0.2, -0.15) is 0 Å². The monoisotopic (exact) mass is 537 g/mol. The summed E-state index contributed by atoms with van der Waals surface area (Å²) in [6, 6.07) is 13.9. The van der Waals surface area contributed by atoms with E-state index in [1.165, 1.54) is 6.07 Å². The zero-order valence-corrected chi connectivity index (χ0v) is 22.0. The molecule has 2 unspecified atom stereocenters. The van der Waals surface area contributed by atoms with Gasteiger partial charge >= 0.3 is 0 Å². The van der Waals surface area contributed by atoms with E-state index >= 15 is 0 Å². The van der Waals surface area contributed by atoms with Gasteiger partial charge < -0.3 is 10.2 Å². The minimum atomic E-state index is -1.28. The fourth-order valence-electron chi connectivity index (χ4n) is 5.46. The summed E-state index contributed by atoms with van der Waals surface area (Å²) in [5, 5.41) is 2.80. The number of nitrogens with zero attached hydrogens (tertiary/aromatic N) is 2. The second-order valence-electron chi connectivity index (χ2n) is 10.2. The van der Waals surface area contributed by atoms with E-state index in [1.54, 1.807) is 0 Å². The summed E-state index contributed by atoms with van der Waals surface area (Å²) in [5.74, 6) is -5.87. The van der Waals surface area contributed by atoms with E-state index in [1.807, 2.05) is 31.2 Å². The maximum Gasteiger partial charge on any atom is 0.260 e. The summed E-state index contributed by atoms with van der Waals surface area (Å²) < 4.78 is 55.7. The minimum absolute atomic E-state index is 0.0627. The maximum absolute atomic E-state index is 14.6. The standard InChI is InChI=1S/C31H31F4N3O/c1-20-6-4-5-7-25(20)31(36-3)13-16-38(17-14-31)21(2)12-15-37-30(39)29(22-8-11-26(33)28(35)18-22)24-10-9-23(32)19-27(24)34/h4-11,18-19,21,29H,12-17H2,1-2H3,(H,37,39). The molecule has 0 saturated carbocycles. The number of carbonyl (C=O) groups excluding carboxylic acids is 1. The van der Waals surface area contributed by atoms with Gasteiger partial charge in [0.25, 0.3) is 5.54 Å². The molecule has 1 N–H and O–H groups in total. The Morgan fingerprint density at radius 2 is 1.72 bits per heavy atom. The molecule has 4 rings (SSSR count). The summed E-state index contributed by atoms with van der Waals surface area (Å²) in [5.41, 5.74) is 1.59. The van der Waals surface area contributed by atoms with Crippen LogP contribution in [0.4, 0.5) is 17.6 Å². The van der Waals surface area contributed by atoms with Crippen molar-refractivity contribution in [2.45, 2.75) is 50.6 Å². The molecule has 39 heavy (non-hydrogen) atoms. The van der Waals surface area contributed by atoms with E-state index in [-0.39, 0.29) is 23.7 Å². The highest BCUT2D eigenvalue weighted by molar-refractivity contribution is 5.87. The van der Waals surface area contributed by atoms with Crippen LogP contribution in [-0.4, -0.2) is 36.5 Å². The van der Waals surface area contributed by atoms with Crippen molar-refractivity contribution >= 4 is 5.91 Å². The number of hydrogen-bond acceptors (Lipinski definition) is 2. The Morgan fingerprint density at radius 3 is 2.36 bits per heavy atom.